The van der Waals surface area contributed by atoms with Gasteiger partial charge in [0.1, 0.15) is 5.82 Å². The fourth-order valence-corrected chi connectivity index (χ4v) is 2.03. The topological polar surface area (TPSA) is 49.8 Å². The number of halogens is 1. The Kier molecular flexibility index (Phi) is 4.73. The van der Waals surface area contributed by atoms with Gasteiger partial charge in [0.05, 0.1) is 5.69 Å². The summed E-state index contributed by atoms with van der Waals surface area (Å²) in [6, 6.07) is 12.0. The summed E-state index contributed by atoms with van der Waals surface area (Å²) in [7, 11) is 1.95. The molecular weight excluding hydrogens is 316 g/mol. The average molecular weight is 335 g/mol. The lowest BCUT2D eigenvalue weighted by Gasteiger charge is -2.24. The van der Waals surface area contributed by atoms with Gasteiger partial charge in [-0.25, -0.2) is 0 Å². The predicted octanol–water partition coefficient (Wildman–Crippen LogP) is 3.32. The van der Waals surface area contributed by atoms with E-state index in [1.54, 1.807) is 0 Å². The maximum absolute atomic E-state index is 4.26. The number of rotatable bonds is 5. The molecule has 106 valence electrons. The molecule has 0 aliphatic carbocycles. The normalized spacial score (nSPS) is 11.4. The second-order valence-corrected chi connectivity index (χ2v) is 6.22. The highest BCUT2D eigenvalue weighted by Crippen LogP contribution is 2.21. The molecule has 0 amide bonds. The Morgan fingerprint density at radius 1 is 1.15 bits per heavy atom. The second kappa shape index (κ2) is 6.33. The second-order valence-electron chi connectivity index (χ2n) is 5.30. The molecule has 0 fully saturated rings. The van der Waals surface area contributed by atoms with Crippen molar-refractivity contribution in [2.24, 2.45) is 0 Å². The van der Waals surface area contributed by atoms with Gasteiger partial charge in [-0.15, -0.1) is 10.2 Å². The molecule has 0 saturated heterocycles. The number of aromatic nitrogens is 2. The summed E-state index contributed by atoms with van der Waals surface area (Å²) in [5, 5.41) is 15.0. The molecule has 0 spiro atoms. The smallest absolute Gasteiger partial charge is 0.148 e. The van der Waals surface area contributed by atoms with Crippen molar-refractivity contribution in [2.45, 2.75) is 19.4 Å². The molecule has 1 aromatic carbocycles. The van der Waals surface area contributed by atoms with Crippen LogP contribution in [0.25, 0.3) is 11.3 Å². The van der Waals surface area contributed by atoms with Gasteiger partial charge in [0.25, 0.3) is 0 Å². The van der Waals surface area contributed by atoms with E-state index < -0.39 is 0 Å². The Morgan fingerprint density at radius 2 is 1.95 bits per heavy atom. The fourth-order valence-electron chi connectivity index (χ4n) is 1.63. The molecule has 1 heterocycles. The minimum Gasteiger partial charge on any atom is -0.367 e. The Bertz CT molecular complexity index is 566. The number of nitrogens with zero attached hydrogens (tertiary/aromatic N) is 2. The molecule has 0 aliphatic heterocycles. The SMILES string of the molecule is CNC(C)(C)CNc1ccc(-c2cccc(Br)c2)nn1. The highest BCUT2D eigenvalue weighted by atomic mass is 79.9. The average Bonchev–Trinajstić information content (AvgIpc) is 2.46. The van der Waals surface area contributed by atoms with Crippen LogP contribution in [0.15, 0.2) is 40.9 Å². The van der Waals surface area contributed by atoms with Crippen LogP contribution in [0.3, 0.4) is 0 Å². The predicted molar refractivity (Wildman–Crippen MR) is 86.8 cm³/mol. The summed E-state index contributed by atoms with van der Waals surface area (Å²) in [5.74, 6) is 0.784. The number of nitrogens with one attached hydrogen (secondary N) is 2. The van der Waals surface area contributed by atoms with E-state index in [9.17, 15) is 0 Å². The van der Waals surface area contributed by atoms with Gasteiger partial charge < -0.3 is 10.6 Å². The van der Waals surface area contributed by atoms with Crippen molar-refractivity contribution in [3.8, 4) is 11.3 Å². The third-order valence-electron chi connectivity index (χ3n) is 3.17. The highest BCUT2D eigenvalue weighted by Gasteiger charge is 2.14. The van der Waals surface area contributed by atoms with Crippen LogP contribution in [0, 0.1) is 0 Å². The van der Waals surface area contributed by atoms with Gasteiger partial charge in [-0.2, -0.15) is 0 Å². The molecule has 0 bridgehead atoms. The number of likely N-dealkylation sites (N-methyl/N-ethyl adjacent to an activating group) is 1. The first-order valence-electron chi connectivity index (χ1n) is 6.53. The van der Waals surface area contributed by atoms with Gasteiger partial charge >= 0.3 is 0 Å². The van der Waals surface area contributed by atoms with Crippen LogP contribution in [-0.4, -0.2) is 29.3 Å². The van der Waals surface area contributed by atoms with E-state index in [1.165, 1.54) is 0 Å². The van der Waals surface area contributed by atoms with E-state index in [-0.39, 0.29) is 5.54 Å². The van der Waals surface area contributed by atoms with Crippen LogP contribution in [0.2, 0.25) is 0 Å². The summed E-state index contributed by atoms with van der Waals surface area (Å²) >= 11 is 3.46. The molecular formula is C15H19BrN4. The lowest BCUT2D eigenvalue weighted by atomic mass is 10.1. The van der Waals surface area contributed by atoms with E-state index in [2.05, 4.69) is 50.6 Å². The van der Waals surface area contributed by atoms with Crippen LogP contribution < -0.4 is 10.6 Å². The Labute approximate surface area is 128 Å². The summed E-state index contributed by atoms with van der Waals surface area (Å²) in [5.41, 5.74) is 1.93. The zero-order valence-corrected chi connectivity index (χ0v) is 13.5. The zero-order valence-electron chi connectivity index (χ0n) is 11.9. The molecule has 20 heavy (non-hydrogen) atoms. The molecule has 0 atom stereocenters. The van der Waals surface area contributed by atoms with Crippen LogP contribution in [0.1, 0.15) is 13.8 Å². The summed E-state index contributed by atoms with van der Waals surface area (Å²) in [6.07, 6.45) is 0. The van der Waals surface area contributed by atoms with Gasteiger partial charge in [0.15, 0.2) is 0 Å². The molecule has 0 unspecified atom stereocenters. The van der Waals surface area contributed by atoms with Crippen molar-refractivity contribution in [1.82, 2.24) is 15.5 Å². The standard InChI is InChI=1S/C15H19BrN4/c1-15(2,17-3)10-18-14-8-7-13(19-20-14)11-5-4-6-12(16)9-11/h4-9,17H,10H2,1-3H3,(H,18,20). The maximum Gasteiger partial charge on any atom is 0.148 e. The first-order chi connectivity index (χ1) is 9.50. The lowest BCUT2D eigenvalue weighted by Crippen LogP contribution is -2.42. The van der Waals surface area contributed by atoms with Gasteiger partial charge in [-0.1, -0.05) is 28.1 Å². The van der Waals surface area contributed by atoms with E-state index in [1.807, 2.05) is 43.4 Å². The van der Waals surface area contributed by atoms with Crippen molar-refractivity contribution in [1.29, 1.82) is 0 Å². The van der Waals surface area contributed by atoms with Crippen LogP contribution in [-0.2, 0) is 0 Å². The van der Waals surface area contributed by atoms with Gasteiger partial charge in [-0.3, -0.25) is 0 Å². The molecule has 0 aliphatic rings. The molecule has 2 N–H and O–H groups in total. The molecule has 2 aromatic rings. The monoisotopic (exact) mass is 334 g/mol. The summed E-state index contributed by atoms with van der Waals surface area (Å²) in [6.45, 7) is 5.04. The Balaban J connectivity index is 2.07. The van der Waals surface area contributed by atoms with Crippen molar-refractivity contribution >= 4 is 21.7 Å². The van der Waals surface area contributed by atoms with Crippen molar-refractivity contribution < 1.29 is 0 Å². The van der Waals surface area contributed by atoms with E-state index in [4.69, 9.17) is 0 Å². The zero-order chi connectivity index (χ0) is 14.6. The molecule has 2 rings (SSSR count). The van der Waals surface area contributed by atoms with Crippen molar-refractivity contribution in [3.63, 3.8) is 0 Å². The van der Waals surface area contributed by atoms with Crippen LogP contribution >= 0.6 is 15.9 Å². The number of hydrogen-bond donors (Lipinski definition) is 2. The first kappa shape index (κ1) is 14.9. The minimum absolute atomic E-state index is 0.0185. The molecule has 0 radical (unpaired) electrons. The largest absolute Gasteiger partial charge is 0.367 e. The summed E-state index contributed by atoms with van der Waals surface area (Å²) < 4.78 is 1.04. The van der Waals surface area contributed by atoms with E-state index in [0.717, 1.165) is 28.1 Å². The van der Waals surface area contributed by atoms with Gasteiger partial charge in [0, 0.05) is 22.1 Å². The summed E-state index contributed by atoms with van der Waals surface area (Å²) in [4.78, 5) is 0. The van der Waals surface area contributed by atoms with Crippen molar-refractivity contribution in [3.05, 3.63) is 40.9 Å². The van der Waals surface area contributed by atoms with Crippen LogP contribution in [0.5, 0.6) is 0 Å². The fraction of sp³-hybridized carbons (Fsp3) is 0.333. The lowest BCUT2D eigenvalue weighted by molar-refractivity contribution is 0.447. The third-order valence-corrected chi connectivity index (χ3v) is 3.67. The highest BCUT2D eigenvalue weighted by molar-refractivity contribution is 9.10. The molecule has 0 saturated carbocycles. The van der Waals surface area contributed by atoms with E-state index >= 15 is 0 Å². The first-order valence-corrected chi connectivity index (χ1v) is 7.32. The van der Waals surface area contributed by atoms with E-state index in [0.29, 0.717) is 0 Å². The van der Waals surface area contributed by atoms with Crippen LogP contribution in [0.4, 0.5) is 5.82 Å². The minimum atomic E-state index is 0.0185. The number of hydrogen-bond acceptors (Lipinski definition) is 4. The van der Waals surface area contributed by atoms with Gasteiger partial charge in [-0.05, 0) is 45.2 Å². The Morgan fingerprint density at radius 3 is 2.55 bits per heavy atom. The van der Waals surface area contributed by atoms with Gasteiger partial charge in [0.2, 0.25) is 0 Å². The molecule has 1 aromatic heterocycles. The maximum atomic E-state index is 4.26. The molecule has 4 nitrogen and oxygen atoms in total. The van der Waals surface area contributed by atoms with Crippen molar-refractivity contribution in [2.75, 3.05) is 18.9 Å². The third kappa shape index (κ3) is 4.02. The number of anilines is 1. The quantitative estimate of drug-likeness (QED) is 0.880. The Hall–Kier alpha value is -1.46. The number of benzene rings is 1. The molecule has 5 heteroatoms.